The molecule has 27 heavy (non-hydrogen) atoms. The predicted octanol–water partition coefficient (Wildman–Crippen LogP) is 4.59. The van der Waals surface area contributed by atoms with Crippen LogP contribution in [0.5, 0.6) is 11.5 Å². The van der Waals surface area contributed by atoms with Gasteiger partial charge in [-0.15, -0.1) is 0 Å². The molecule has 0 bridgehead atoms. The maximum Gasteiger partial charge on any atom is 0.343 e. The standard InChI is InChI=1S/C21H13ClO5/c22-18-16(13-23)11-12-17(26-20(24)14-7-3-1-4-8-14)19(18)27-21(25)15-9-5-2-6-10-15/h1-13H. The Morgan fingerprint density at radius 2 is 1.26 bits per heavy atom. The summed E-state index contributed by atoms with van der Waals surface area (Å²) in [6, 6.07) is 19.3. The number of aldehydes is 1. The van der Waals surface area contributed by atoms with Crippen molar-refractivity contribution in [3.63, 3.8) is 0 Å². The van der Waals surface area contributed by atoms with Gasteiger partial charge in [-0.25, -0.2) is 9.59 Å². The third-order valence-electron chi connectivity index (χ3n) is 3.63. The van der Waals surface area contributed by atoms with E-state index in [4.69, 9.17) is 21.1 Å². The topological polar surface area (TPSA) is 69.7 Å². The zero-order valence-corrected chi connectivity index (χ0v) is 14.7. The molecule has 0 aromatic heterocycles. The number of hydrogen-bond acceptors (Lipinski definition) is 5. The summed E-state index contributed by atoms with van der Waals surface area (Å²) in [5.74, 6) is -1.61. The Morgan fingerprint density at radius 1 is 0.741 bits per heavy atom. The molecule has 0 saturated carbocycles. The van der Waals surface area contributed by atoms with Crippen molar-refractivity contribution in [1.29, 1.82) is 0 Å². The summed E-state index contributed by atoms with van der Waals surface area (Å²) in [7, 11) is 0. The first-order valence-electron chi connectivity index (χ1n) is 7.92. The summed E-state index contributed by atoms with van der Waals surface area (Å²) in [4.78, 5) is 35.8. The van der Waals surface area contributed by atoms with Gasteiger partial charge < -0.3 is 9.47 Å². The van der Waals surface area contributed by atoms with Crippen molar-refractivity contribution in [3.8, 4) is 11.5 Å². The van der Waals surface area contributed by atoms with Crippen LogP contribution in [0.2, 0.25) is 5.02 Å². The van der Waals surface area contributed by atoms with E-state index in [-0.39, 0.29) is 27.6 Å². The van der Waals surface area contributed by atoms with Gasteiger partial charge in [0.15, 0.2) is 17.8 Å². The van der Waals surface area contributed by atoms with Crippen LogP contribution in [0.1, 0.15) is 31.1 Å². The van der Waals surface area contributed by atoms with E-state index in [1.165, 1.54) is 12.1 Å². The molecule has 0 unspecified atom stereocenters. The van der Waals surface area contributed by atoms with E-state index in [2.05, 4.69) is 0 Å². The zero-order valence-electron chi connectivity index (χ0n) is 13.9. The van der Waals surface area contributed by atoms with Gasteiger partial charge in [0.1, 0.15) is 0 Å². The van der Waals surface area contributed by atoms with Gasteiger partial charge in [0.05, 0.1) is 16.1 Å². The molecule has 3 rings (SSSR count). The molecule has 5 nitrogen and oxygen atoms in total. The van der Waals surface area contributed by atoms with Gasteiger partial charge in [0.2, 0.25) is 0 Å². The van der Waals surface area contributed by atoms with Crippen molar-refractivity contribution in [1.82, 2.24) is 0 Å². The highest BCUT2D eigenvalue weighted by molar-refractivity contribution is 6.34. The molecule has 0 aliphatic heterocycles. The lowest BCUT2D eigenvalue weighted by Gasteiger charge is -2.13. The van der Waals surface area contributed by atoms with Crippen molar-refractivity contribution in [2.45, 2.75) is 0 Å². The third kappa shape index (κ3) is 4.22. The van der Waals surface area contributed by atoms with Gasteiger partial charge in [-0.05, 0) is 36.4 Å². The van der Waals surface area contributed by atoms with Crippen LogP contribution in [0.3, 0.4) is 0 Å². The van der Waals surface area contributed by atoms with E-state index >= 15 is 0 Å². The fourth-order valence-electron chi connectivity index (χ4n) is 2.28. The molecule has 6 heteroatoms. The Hall–Kier alpha value is -3.44. The molecule has 0 amide bonds. The molecule has 0 saturated heterocycles. The van der Waals surface area contributed by atoms with E-state index in [0.29, 0.717) is 11.8 Å². The summed E-state index contributed by atoms with van der Waals surface area (Å²) in [5.41, 5.74) is 0.700. The maximum absolute atomic E-state index is 12.4. The van der Waals surface area contributed by atoms with E-state index in [1.54, 1.807) is 60.7 Å². The molecule has 0 aliphatic carbocycles. The van der Waals surface area contributed by atoms with Crippen LogP contribution < -0.4 is 9.47 Å². The predicted molar refractivity (Wildman–Crippen MR) is 99.6 cm³/mol. The first kappa shape index (κ1) is 18.4. The second kappa shape index (κ2) is 8.29. The minimum absolute atomic E-state index is 0.0660. The molecular weight excluding hydrogens is 368 g/mol. The number of carbonyl (C=O) groups is 3. The Bertz CT molecular complexity index is 984. The average Bonchev–Trinajstić information content (AvgIpc) is 2.72. The van der Waals surface area contributed by atoms with Gasteiger partial charge in [-0.2, -0.15) is 0 Å². The highest BCUT2D eigenvalue weighted by Gasteiger charge is 2.21. The summed E-state index contributed by atoms with van der Waals surface area (Å²) >= 11 is 6.18. The number of rotatable bonds is 5. The lowest BCUT2D eigenvalue weighted by Crippen LogP contribution is -2.13. The van der Waals surface area contributed by atoms with Crippen LogP contribution in [0.25, 0.3) is 0 Å². The molecule has 134 valence electrons. The number of ether oxygens (including phenoxy) is 2. The third-order valence-corrected chi connectivity index (χ3v) is 4.02. The Balaban J connectivity index is 1.94. The minimum atomic E-state index is -0.697. The number of benzene rings is 3. The normalized spacial score (nSPS) is 10.1. The highest BCUT2D eigenvalue weighted by Crippen LogP contribution is 2.38. The first-order chi connectivity index (χ1) is 13.1. The van der Waals surface area contributed by atoms with E-state index in [1.807, 2.05) is 0 Å². The van der Waals surface area contributed by atoms with Crippen molar-refractivity contribution < 1.29 is 23.9 Å². The molecule has 0 N–H and O–H groups in total. The second-order valence-corrected chi connectivity index (χ2v) is 5.80. The van der Waals surface area contributed by atoms with Gasteiger partial charge in [0, 0.05) is 5.56 Å². The number of hydrogen-bond donors (Lipinski definition) is 0. The van der Waals surface area contributed by atoms with Crippen LogP contribution in [0.15, 0.2) is 72.8 Å². The smallest absolute Gasteiger partial charge is 0.343 e. The quantitative estimate of drug-likeness (QED) is 0.368. The van der Waals surface area contributed by atoms with Crippen LogP contribution in [-0.4, -0.2) is 18.2 Å². The minimum Gasteiger partial charge on any atom is -0.419 e. The number of carbonyl (C=O) groups excluding carboxylic acids is 3. The monoisotopic (exact) mass is 380 g/mol. The van der Waals surface area contributed by atoms with Crippen LogP contribution in [0.4, 0.5) is 0 Å². The highest BCUT2D eigenvalue weighted by atomic mass is 35.5. The zero-order chi connectivity index (χ0) is 19.2. The summed E-state index contributed by atoms with van der Waals surface area (Å²) in [6.45, 7) is 0. The first-order valence-corrected chi connectivity index (χ1v) is 8.30. The Morgan fingerprint density at radius 3 is 1.78 bits per heavy atom. The summed E-state index contributed by atoms with van der Waals surface area (Å²) in [5, 5.41) is -0.118. The molecule has 0 aliphatic rings. The van der Waals surface area contributed by atoms with Gasteiger partial charge in [0.25, 0.3) is 0 Å². The van der Waals surface area contributed by atoms with Crippen molar-refractivity contribution in [2.75, 3.05) is 0 Å². The molecule has 0 spiro atoms. The summed E-state index contributed by atoms with van der Waals surface area (Å²) < 4.78 is 10.7. The average molecular weight is 381 g/mol. The number of esters is 2. The van der Waals surface area contributed by atoms with Crippen LogP contribution in [0, 0.1) is 0 Å². The Labute approximate surface area is 160 Å². The SMILES string of the molecule is O=Cc1ccc(OC(=O)c2ccccc2)c(OC(=O)c2ccccc2)c1Cl. The fraction of sp³-hybridized carbons (Fsp3) is 0. The van der Waals surface area contributed by atoms with E-state index < -0.39 is 11.9 Å². The van der Waals surface area contributed by atoms with Crippen LogP contribution in [-0.2, 0) is 0 Å². The number of halogens is 1. The lowest BCUT2D eigenvalue weighted by atomic mass is 10.2. The van der Waals surface area contributed by atoms with E-state index in [0.717, 1.165) is 0 Å². The van der Waals surface area contributed by atoms with Crippen LogP contribution >= 0.6 is 11.6 Å². The van der Waals surface area contributed by atoms with Crippen molar-refractivity contribution >= 4 is 29.8 Å². The van der Waals surface area contributed by atoms with Gasteiger partial charge >= 0.3 is 11.9 Å². The molecule has 0 radical (unpaired) electrons. The fourth-order valence-corrected chi connectivity index (χ4v) is 2.52. The second-order valence-electron chi connectivity index (χ2n) is 5.42. The van der Waals surface area contributed by atoms with Gasteiger partial charge in [-0.1, -0.05) is 48.0 Å². The molecule has 0 heterocycles. The lowest BCUT2D eigenvalue weighted by molar-refractivity contribution is 0.0682. The van der Waals surface area contributed by atoms with Crippen molar-refractivity contribution in [3.05, 3.63) is 94.5 Å². The summed E-state index contributed by atoms with van der Waals surface area (Å²) in [6.07, 6.45) is 0.519. The van der Waals surface area contributed by atoms with Crippen molar-refractivity contribution in [2.24, 2.45) is 0 Å². The molecule has 0 atom stereocenters. The maximum atomic E-state index is 12.4. The molecular formula is C21H13ClO5. The Kier molecular flexibility index (Phi) is 5.64. The molecule has 3 aromatic rings. The largest absolute Gasteiger partial charge is 0.419 e. The molecule has 0 fully saturated rings. The molecule has 3 aromatic carbocycles. The van der Waals surface area contributed by atoms with E-state index in [9.17, 15) is 14.4 Å². The van der Waals surface area contributed by atoms with Gasteiger partial charge in [-0.3, -0.25) is 4.79 Å².